The molecular weight excluding hydrogens is 379 g/mol. The number of thiophene rings is 1. The van der Waals surface area contributed by atoms with Gasteiger partial charge in [-0.05, 0) is 30.7 Å². The normalized spacial score (nSPS) is 11.5. The highest BCUT2D eigenvalue weighted by molar-refractivity contribution is 7.91. The summed E-state index contributed by atoms with van der Waals surface area (Å²) in [4.78, 5) is 12.6. The van der Waals surface area contributed by atoms with Crippen LogP contribution < -0.4 is 10.1 Å². The van der Waals surface area contributed by atoms with Crippen molar-refractivity contribution in [1.29, 1.82) is 0 Å². The lowest BCUT2D eigenvalue weighted by molar-refractivity contribution is -0.121. The predicted molar refractivity (Wildman–Crippen MR) is 98.2 cm³/mol. The zero-order valence-corrected chi connectivity index (χ0v) is 16.2. The average Bonchev–Trinajstić information content (AvgIpc) is 3.06. The van der Waals surface area contributed by atoms with Crippen LogP contribution in [0.2, 0.25) is 0 Å². The summed E-state index contributed by atoms with van der Waals surface area (Å²) < 4.78 is 43.8. The van der Waals surface area contributed by atoms with E-state index in [0.29, 0.717) is 18.8 Å². The van der Waals surface area contributed by atoms with Gasteiger partial charge in [0.1, 0.15) is 15.8 Å². The van der Waals surface area contributed by atoms with Gasteiger partial charge >= 0.3 is 0 Å². The summed E-state index contributed by atoms with van der Waals surface area (Å²) in [7, 11) is -0.497. The van der Waals surface area contributed by atoms with E-state index in [9.17, 15) is 17.6 Å². The highest BCUT2D eigenvalue weighted by Gasteiger charge is 2.19. The number of ether oxygens (including phenoxy) is 1. The molecule has 142 valence electrons. The first-order chi connectivity index (χ1) is 12.3. The summed E-state index contributed by atoms with van der Waals surface area (Å²) >= 11 is 1.13. The molecule has 0 unspecified atom stereocenters. The quantitative estimate of drug-likeness (QED) is 0.657. The minimum absolute atomic E-state index is 0.154. The lowest BCUT2D eigenvalue weighted by atomic mass is 10.3. The van der Waals surface area contributed by atoms with Gasteiger partial charge in [0.05, 0.1) is 13.2 Å². The third-order valence-corrected chi connectivity index (χ3v) is 6.81. The summed E-state index contributed by atoms with van der Waals surface area (Å²) in [6, 6.07) is 9.06. The zero-order valence-electron chi connectivity index (χ0n) is 14.6. The molecule has 0 spiro atoms. The van der Waals surface area contributed by atoms with Crippen LogP contribution in [0.5, 0.6) is 5.75 Å². The van der Waals surface area contributed by atoms with Crippen LogP contribution in [0.25, 0.3) is 0 Å². The molecule has 26 heavy (non-hydrogen) atoms. The van der Waals surface area contributed by atoms with Crippen molar-refractivity contribution in [1.82, 2.24) is 9.62 Å². The van der Waals surface area contributed by atoms with Crippen LogP contribution >= 0.6 is 11.3 Å². The molecule has 1 aromatic heterocycles. The third kappa shape index (κ3) is 5.79. The van der Waals surface area contributed by atoms with Gasteiger partial charge in [0.2, 0.25) is 5.91 Å². The standard InChI is InChI=1S/C17H21FN2O4S2/c1-20(2)26(22,23)17-9-8-15(25-17)12-19-16(21)7-4-10-24-14-6-3-5-13(18)11-14/h3,5-6,8-9,11H,4,7,10,12H2,1-2H3,(H,19,21). The Kier molecular flexibility index (Phi) is 7.13. The Hall–Kier alpha value is -1.97. The molecule has 0 fully saturated rings. The fraction of sp³-hybridized carbons (Fsp3) is 0.353. The smallest absolute Gasteiger partial charge is 0.252 e. The topological polar surface area (TPSA) is 75.7 Å². The van der Waals surface area contributed by atoms with Gasteiger partial charge in [-0.15, -0.1) is 11.3 Å². The Morgan fingerprint density at radius 1 is 1.27 bits per heavy atom. The molecule has 9 heteroatoms. The second kappa shape index (κ2) is 9.11. The molecule has 1 N–H and O–H groups in total. The summed E-state index contributed by atoms with van der Waals surface area (Å²) in [6.45, 7) is 0.582. The van der Waals surface area contributed by atoms with Gasteiger partial charge in [-0.3, -0.25) is 4.79 Å². The number of rotatable bonds is 9. The number of hydrogen-bond acceptors (Lipinski definition) is 5. The fourth-order valence-corrected chi connectivity index (χ4v) is 4.49. The van der Waals surface area contributed by atoms with Crippen molar-refractivity contribution < 1.29 is 22.3 Å². The van der Waals surface area contributed by atoms with Crippen LogP contribution in [0.15, 0.2) is 40.6 Å². The predicted octanol–water partition coefficient (Wildman–Crippen LogP) is 2.61. The molecule has 1 amide bonds. The Morgan fingerprint density at radius 3 is 2.73 bits per heavy atom. The van der Waals surface area contributed by atoms with Crippen molar-refractivity contribution in [2.45, 2.75) is 23.6 Å². The Labute approximate surface area is 156 Å². The fourth-order valence-electron chi connectivity index (χ4n) is 2.03. The molecule has 0 aliphatic rings. The number of benzene rings is 1. The van der Waals surface area contributed by atoms with E-state index < -0.39 is 10.0 Å². The van der Waals surface area contributed by atoms with Gasteiger partial charge in [-0.25, -0.2) is 17.1 Å². The largest absolute Gasteiger partial charge is 0.493 e. The summed E-state index contributed by atoms with van der Waals surface area (Å²) in [5.41, 5.74) is 0. The van der Waals surface area contributed by atoms with Crippen LogP contribution in [-0.2, 0) is 21.4 Å². The molecule has 0 bridgehead atoms. The van der Waals surface area contributed by atoms with Crippen molar-refractivity contribution in [2.75, 3.05) is 20.7 Å². The van der Waals surface area contributed by atoms with Gasteiger partial charge < -0.3 is 10.1 Å². The number of nitrogens with zero attached hydrogens (tertiary/aromatic N) is 1. The molecule has 0 radical (unpaired) electrons. The number of nitrogens with one attached hydrogen (secondary N) is 1. The lowest BCUT2D eigenvalue weighted by Gasteiger charge is -2.08. The molecule has 0 atom stereocenters. The van der Waals surface area contributed by atoms with Crippen molar-refractivity contribution in [3.8, 4) is 5.75 Å². The minimum Gasteiger partial charge on any atom is -0.493 e. The van der Waals surface area contributed by atoms with Crippen LogP contribution in [0.1, 0.15) is 17.7 Å². The van der Waals surface area contributed by atoms with E-state index in [-0.39, 0.29) is 28.9 Å². The van der Waals surface area contributed by atoms with E-state index in [2.05, 4.69) is 5.32 Å². The molecule has 1 heterocycles. The van der Waals surface area contributed by atoms with E-state index >= 15 is 0 Å². The van der Waals surface area contributed by atoms with Crippen LogP contribution in [0.4, 0.5) is 4.39 Å². The molecule has 0 aliphatic carbocycles. The summed E-state index contributed by atoms with van der Waals surface area (Å²) in [5.74, 6) is -0.0938. The van der Waals surface area contributed by atoms with Gasteiger partial charge in [0, 0.05) is 31.5 Å². The molecule has 2 rings (SSSR count). The monoisotopic (exact) mass is 400 g/mol. The zero-order chi connectivity index (χ0) is 19.2. The maximum absolute atomic E-state index is 13.0. The van der Waals surface area contributed by atoms with Gasteiger partial charge in [-0.1, -0.05) is 6.07 Å². The number of halogens is 1. The lowest BCUT2D eigenvalue weighted by Crippen LogP contribution is -2.22. The molecule has 2 aromatic rings. The Balaban J connectivity index is 1.71. The average molecular weight is 400 g/mol. The van der Waals surface area contributed by atoms with E-state index in [4.69, 9.17) is 4.74 Å². The van der Waals surface area contributed by atoms with Gasteiger partial charge in [0.15, 0.2) is 0 Å². The second-order valence-corrected chi connectivity index (χ2v) is 9.24. The maximum atomic E-state index is 13.0. The van der Waals surface area contributed by atoms with Gasteiger partial charge in [0.25, 0.3) is 10.0 Å². The van der Waals surface area contributed by atoms with Crippen LogP contribution in [0, 0.1) is 5.82 Å². The highest BCUT2D eigenvalue weighted by atomic mass is 32.2. The molecule has 6 nitrogen and oxygen atoms in total. The van der Waals surface area contributed by atoms with E-state index in [0.717, 1.165) is 20.5 Å². The number of carbonyl (C=O) groups is 1. The van der Waals surface area contributed by atoms with Crippen LogP contribution in [0.3, 0.4) is 0 Å². The third-order valence-electron chi connectivity index (χ3n) is 3.44. The molecule has 1 aromatic carbocycles. The minimum atomic E-state index is -3.45. The van der Waals surface area contributed by atoms with E-state index in [1.165, 1.54) is 32.3 Å². The Morgan fingerprint density at radius 2 is 2.04 bits per heavy atom. The molecule has 0 aliphatic heterocycles. The van der Waals surface area contributed by atoms with Crippen molar-refractivity contribution in [3.63, 3.8) is 0 Å². The first-order valence-electron chi connectivity index (χ1n) is 7.95. The molecule has 0 saturated heterocycles. The Bertz CT molecular complexity index is 850. The second-order valence-electron chi connectivity index (χ2n) is 5.69. The molecular formula is C17H21FN2O4S2. The highest BCUT2D eigenvalue weighted by Crippen LogP contribution is 2.23. The number of hydrogen-bond donors (Lipinski definition) is 1. The molecule has 0 saturated carbocycles. The summed E-state index contributed by atoms with van der Waals surface area (Å²) in [5, 5.41) is 2.75. The van der Waals surface area contributed by atoms with Gasteiger partial charge in [-0.2, -0.15) is 0 Å². The number of amides is 1. The first kappa shape index (κ1) is 20.3. The maximum Gasteiger partial charge on any atom is 0.252 e. The van der Waals surface area contributed by atoms with E-state index in [1.807, 2.05) is 0 Å². The van der Waals surface area contributed by atoms with E-state index in [1.54, 1.807) is 18.2 Å². The van der Waals surface area contributed by atoms with Crippen molar-refractivity contribution >= 4 is 27.3 Å². The number of carbonyl (C=O) groups excluding carboxylic acids is 1. The first-order valence-corrected chi connectivity index (χ1v) is 10.2. The SMILES string of the molecule is CN(C)S(=O)(=O)c1ccc(CNC(=O)CCCOc2cccc(F)c2)s1. The number of sulfonamides is 1. The van der Waals surface area contributed by atoms with Crippen LogP contribution in [-0.4, -0.2) is 39.3 Å². The van der Waals surface area contributed by atoms with Crippen molar-refractivity contribution in [2.24, 2.45) is 0 Å². The summed E-state index contributed by atoms with van der Waals surface area (Å²) in [6.07, 6.45) is 0.761. The van der Waals surface area contributed by atoms with Crippen molar-refractivity contribution in [3.05, 3.63) is 47.1 Å².